The van der Waals surface area contributed by atoms with Crippen LogP contribution in [0, 0.1) is 19.8 Å². The summed E-state index contributed by atoms with van der Waals surface area (Å²) in [5.74, 6) is 2.04. The van der Waals surface area contributed by atoms with Gasteiger partial charge >= 0.3 is 0 Å². The normalized spacial score (nSPS) is 17.9. The molecule has 0 bridgehead atoms. The molecule has 1 aromatic rings. The maximum Gasteiger partial charge on any atom is 0.225 e. The summed E-state index contributed by atoms with van der Waals surface area (Å²) in [6, 6.07) is 6.78. The number of aryl methyl sites for hydroxylation is 2. The second kappa shape index (κ2) is 9.44. The van der Waals surface area contributed by atoms with Gasteiger partial charge in [0.15, 0.2) is 0 Å². The van der Waals surface area contributed by atoms with Gasteiger partial charge in [0.2, 0.25) is 5.91 Å². The molecule has 4 nitrogen and oxygen atoms in total. The molecule has 0 atom stereocenters. The molecule has 0 radical (unpaired) electrons. The van der Waals surface area contributed by atoms with E-state index in [4.69, 9.17) is 4.74 Å². The molecular formula is C20H31ClN2O2. The molecule has 25 heavy (non-hydrogen) atoms. The lowest BCUT2D eigenvalue weighted by Crippen LogP contribution is -2.45. The van der Waals surface area contributed by atoms with Crippen LogP contribution in [0.2, 0.25) is 0 Å². The largest absolute Gasteiger partial charge is 0.493 e. The smallest absolute Gasteiger partial charge is 0.225 e. The Morgan fingerprint density at radius 2 is 1.92 bits per heavy atom. The van der Waals surface area contributed by atoms with Crippen molar-refractivity contribution in [2.75, 3.05) is 26.2 Å². The minimum Gasteiger partial charge on any atom is -0.493 e. The Kier molecular flexibility index (Phi) is 7.57. The summed E-state index contributed by atoms with van der Waals surface area (Å²) < 4.78 is 5.81. The molecule has 1 aromatic carbocycles. The number of piperidine rings is 1. The first-order chi connectivity index (χ1) is 11.6. The predicted octanol–water partition coefficient (Wildman–Crippen LogP) is 3.48. The Morgan fingerprint density at radius 3 is 2.60 bits per heavy atom. The average molecular weight is 367 g/mol. The first-order valence-corrected chi connectivity index (χ1v) is 9.33. The minimum absolute atomic E-state index is 0. The number of nitrogens with zero attached hydrogens (tertiary/aromatic N) is 1. The van der Waals surface area contributed by atoms with Crippen LogP contribution >= 0.6 is 12.4 Å². The van der Waals surface area contributed by atoms with E-state index in [9.17, 15) is 4.79 Å². The molecule has 1 saturated carbocycles. The lowest BCUT2D eigenvalue weighted by atomic mass is 10.0. The van der Waals surface area contributed by atoms with E-state index in [-0.39, 0.29) is 18.3 Å². The van der Waals surface area contributed by atoms with Gasteiger partial charge in [-0.05, 0) is 69.2 Å². The summed E-state index contributed by atoms with van der Waals surface area (Å²) in [4.78, 5) is 14.4. The van der Waals surface area contributed by atoms with Crippen LogP contribution in [0.25, 0.3) is 0 Å². The summed E-state index contributed by atoms with van der Waals surface area (Å²) in [5.41, 5.74) is 2.30. The third kappa shape index (κ3) is 6.19. The third-order valence-electron chi connectivity index (χ3n) is 5.16. The van der Waals surface area contributed by atoms with Gasteiger partial charge in [0.1, 0.15) is 5.75 Å². The SMILES string of the molecule is Cc1ccc(C)c(OCCC(=O)N2CCC(NCC3CC3)CC2)c1.Cl. The van der Waals surface area contributed by atoms with Crippen molar-refractivity contribution in [3.8, 4) is 5.75 Å². The predicted molar refractivity (Wildman–Crippen MR) is 104 cm³/mol. The zero-order valence-corrected chi connectivity index (χ0v) is 16.2. The summed E-state index contributed by atoms with van der Waals surface area (Å²) in [6.07, 6.45) is 5.41. The van der Waals surface area contributed by atoms with Crippen LogP contribution < -0.4 is 10.1 Å². The molecule has 140 valence electrons. The Hall–Kier alpha value is -1.26. The molecule has 5 heteroatoms. The van der Waals surface area contributed by atoms with E-state index in [2.05, 4.69) is 24.4 Å². The van der Waals surface area contributed by atoms with E-state index in [0.29, 0.717) is 19.1 Å². The number of ether oxygens (including phenoxy) is 1. The van der Waals surface area contributed by atoms with E-state index in [1.165, 1.54) is 24.9 Å². The Labute approximate surface area is 157 Å². The number of rotatable bonds is 7. The molecule has 2 fully saturated rings. The fourth-order valence-electron chi connectivity index (χ4n) is 3.26. The fraction of sp³-hybridized carbons (Fsp3) is 0.650. The third-order valence-corrected chi connectivity index (χ3v) is 5.16. The van der Waals surface area contributed by atoms with E-state index in [1.54, 1.807) is 0 Å². The number of hydrogen-bond acceptors (Lipinski definition) is 3. The van der Waals surface area contributed by atoms with Crippen LogP contribution in [0.3, 0.4) is 0 Å². The standard InChI is InChI=1S/C20H30N2O2.ClH/c1-15-3-4-16(2)19(13-15)24-12-9-20(23)22-10-7-18(8-11-22)21-14-17-5-6-17;/h3-4,13,17-18,21H,5-12,14H2,1-2H3;1H. The van der Waals surface area contributed by atoms with Gasteiger partial charge in [-0.2, -0.15) is 0 Å². The highest BCUT2D eigenvalue weighted by Gasteiger charge is 2.25. The number of hydrogen-bond donors (Lipinski definition) is 1. The molecule has 0 aromatic heterocycles. The van der Waals surface area contributed by atoms with Gasteiger partial charge in [0.25, 0.3) is 0 Å². The number of amides is 1. The highest BCUT2D eigenvalue weighted by atomic mass is 35.5. The maximum absolute atomic E-state index is 12.3. The van der Waals surface area contributed by atoms with Crippen molar-refractivity contribution in [1.82, 2.24) is 10.2 Å². The molecule has 1 amide bonds. The zero-order valence-electron chi connectivity index (χ0n) is 15.4. The van der Waals surface area contributed by atoms with Gasteiger partial charge < -0.3 is 15.0 Å². The topological polar surface area (TPSA) is 41.6 Å². The van der Waals surface area contributed by atoms with Crippen molar-refractivity contribution in [3.63, 3.8) is 0 Å². The summed E-state index contributed by atoms with van der Waals surface area (Å²) >= 11 is 0. The van der Waals surface area contributed by atoms with Crippen LogP contribution in [0.15, 0.2) is 18.2 Å². The van der Waals surface area contributed by atoms with Crippen molar-refractivity contribution < 1.29 is 9.53 Å². The van der Waals surface area contributed by atoms with E-state index >= 15 is 0 Å². The van der Waals surface area contributed by atoms with Gasteiger partial charge in [-0.25, -0.2) is 0 Å². The molecule has 2 aliphatic rings. The van der Waals surface area contributed by atoms with Gasteiger partial charge in [-0.15, -0.1) is 12.4 Å². The highest BCUT2D eigenvalue weighted by Crippen LogP contribution is 2.28. The Balaban J connectivity index is 0.00000225. The molecule has 1 saturated heterocycles. The molecule has 1 N–H and O–H groups in total. The van der Waals surface area contributed by atoms with Crippen molar-refractivity contribution in [2.24, 2.45) is 5.92 Å². The molecule has 3 rings (SSSR count). The summed E-state index contributed by atoms with van der Waals surface area (Å²) in [6.45, 7) is 7.48. The van der Waals surface area contributed by atoms with Crippen molar-refractivity contribution >= 4 is 18.3 Å². The molecule has 0 unspecified atom stereocenters. The average Bonchev–Trinajstić information content (AvgIpc) is 3.41. The first-order valence-electron chi connectivity index (χ1n) is 9.33. The molecular weight excluding hydrogens is 336 g/mol. The number of halogens is 1. The van der Waals surface area contributed by atoms with Crippen molar-refractivity contribution in [3.05, 3.63) is 29.3 Å². The minimum atomic E-state index is 0. The zero-order chi connectivity index (χ0) is 16.9. The van der Waals surface area contributed by atoms with Gasteiger partial charge in [-0.1, -0.05) is 12.1 Å². The number of likely N-dealkylation sites (tertiary alicyclic amines) is 1. The summed E-state index contributed by atoms with van der Waals surface area (Å²) in [7, 11) is 0. The molecule has 1 aliphatic carbocycles. The second-order valence-corrected chi connectivity index (χ2v) is 7.37. The number of benzene rings is 1. The van der Waals surface area contributed by atoms with Crippen LogP contribution in [0.5, 0.6) is 5.75 Å². The number of carbonyl (C=O) groups is 1. The van der Waals surface area contributed by atoms with Crippen LogP contribution in [0.1, 0.15) is 43.2 Å². The van der Waals surface area contributed by atoms with E-state index < -0.39 is 0 Å². The van der Waals surface area contributed by atoms with Crippen LogP contribution in [-0.2, 0) is 4.79 Å². The first kappa shape index (κ1) is 20.1. The van der Waals surface area contributed by atoms with Crippen LogP contribution in [-0.4, -0.2) is 43.1 Å². The van der Waals surface area contributed by atoms with Crippen LogP contribution in [0.4, 0.5) is 0 Å². The summed E-state index contributed by atoms with van der Waals surface area (Å²) in [5, 5.41) is 3.66. The quantitative estimate of drug-likeness (QED) is 0.803. The van der Waals surface area contributed by atoms with E-state index in [0.717, 1.165) is 43.2 Å². The maximum atomic E-state index is 12.3. The fourth-order valence-corrected chi connectivity index (χ4v) is 3.26. The molecule has 1 heterocycles. The highest BCUT2D eigenvalue weighted by molar-refractivity contribution is 5.85. The van der Waals surface area contributed by atoms with E-state index in [1.807, 2.05) is 17.9 Å². The number of nitrogens with one attached hydrogen (secondary N) is 1. The number of carbonyl (C=O) groups excluding carboxylic acids is 1. The lowest BCUT2D eigenvalue weighted by Gasteiger charge is -2.32. The van der Waals surface area contributed by atoms with Crippen molar-refractivity contribution in [2.45, 2.75) is 52.0 Å². The Morgan fingerprint density at radius 1 is 1.20 bits per heavy atom. The van der Waals surface area contributed by atoms with Crippen molar-refractivity contribution in [1.29, 1.82) is 0 Å². The van der Waals surface area contributed by atoms with Gasteiger partial charge in [-0.3, -0.25) is 4.79 Å². The Bertz CT molecular complexity index is 567. The van der Waals surface area contributed by atoms with Gasteiger partial charge in [0.05, 0.1) is 13.0 Å². The lowest BCUT2D eigenvalue weighted by molar-refractivity contribution is -0.132. The second-order valence-electron chi connectivity index (χ2n) is 7.37. The molecule has 0 spiro atoms. The van der Waals surface area contributed by atoms with Gasteiger partial charge in [0, 0.05) is 19.1 Å². The molecule has 1 aliphatic heterocycles. The monoisotopic (exact) mass is 366 g/mol.